The fourth-order valence-corrected chi connectivity index (χ4v) is 1.78. The van der Waals surface area contributed by atoms with Crippen LogP contribution >= 0.6 is 23.2 Å². The molecule has 2 aromatic rings. The SMILES string of the molecule is O=C(C[n+]1ccccc1Cl)c1ccc(Cl)cc1.[Br-]. The van der Waals surface area contributed by atoms with Crippen LogP contribution in [0.3, 0.4) is 0 Å². The Labute approximate surface area is 126 Å². The van der Waals surface area contributed by atoms with Gasteiger partial charge in [-0.15, -0.1) is 0 Å². The molecule has 0 unspecified atom stereocenters. The summed E-state index contributed by atoms with van der Waals surface area (Å²) in [6, 6.07) is 12.2. The predicted molar refractivity (Wildman–Crippen MR) is 67.4 cm³/mol. The van der Waals surface area contributed by atoms with Crippen molar-refractivity contribution in [1.29, 1.82) is 0 Å². The zero-order valence-corrected chi connectivity index (χ0v) is 12.4. The van der Waals surface area contributed by atoms with E-state index in [-0.39, 0.29) is 29.3 Å². The summed E-state index contributed by atoms with van der Waals surface area (Å²) < 4.78 is 1.69. The van der Waals surface area contributed by atoms with E-state index in [1.54, 1.807) is 41.1 Å². The predicted octanol–water partition coefficient (Wildman–Crippen LogP) is 0.168. The van der Waals surface area contributed by atoms with E-state index in [1.165, 1.54) is 0 Å². The summed E-state index contributed by atoms with van der Waals surface area (Å²) in [5, 5.41) is 1.15. The minimum atomic E-state index is -0.000216. The van der Waals surface area contributed by atoms with Crippen molar-refractivity contribution in [2.45, 2.75) is 6.54 Å². The van der Waals surface area contributed by atoms with Crippen molar-refractivity contribution >= 4 is 29.0 Å². The molecular weight excluding hydrogens is 337 g/mol. The molecule has 0 aliphatic carbocycles. The van der Waals surface area contributed by atoms with Crippen LogP contribution in [0.4, 0.5) is 0 Å². The Bertz CT molecular complexity index is 543. The molecule has 0 saturated heterocycles. The fraction of sp³-hybridized carbons (Fsp3) is 0.0769. The summed E-state index contributed by atoms with van der Waals surface area (Å²) in [5.74, 6) is -0.000216. The Balaban J connectivity index is 0.00000162. The first-order chi connectivity index (χ1) is 8.16. The van der Waals surface area contributed by atoms with Crippen molar-refractivity contribution in [2.24, 2.45) is 0 Å². The first kappa shape index (κ1) is 15.2. The molecule has 2 rings (SSSR count). The Morgan fingerprint density at radius 2 is 1.72 bits per heavy atom. The highest BCUT2D eigenvalue weighted by atomic mass is 79.9. The number of carbonyl (C=O) groups is 1. The van der Waals surface area contributed by atoms with Gasteiger partial charge in [0.1, 0.15) is 0 Å². The zero-order chi connectivity index (χ0) is 12.3. The lowest BCUT2D eigenvalue weighted by Crippen LogP contribution is -3.00. The molecule has 0 saturated carbocycles. The van der Waals surface area contributed by atoms with Crippen molar-refractivity contribution in [3.63, 3.8) is 0 Å². The third-order valence-corrected chi connectivity index (χ3v) is 2.96. The van der Waals surface area contributed by atoms with Crippen molar-refractivity contribution in [2.75, 3.05) is 0 Å². The molecule has 18 heavy (non-hydrogen) atoms. The molecule has 1 aromatic heterocycles. The lowest BCUT2D eigenvalue weighted by atomic mass is 10.1. The van der Waals surface area contributed by atoms with Gasteiger partial charge in [-0.3, -0.25) is 4.79 Å². The van der Waals surface area contributed by atoms with E-state index in [1.807, 2.05) is 12.1 Å². The molecule has 0 atom stereocenters. The third-order valence-electron chi connectivity index (χ3n) is 2.37. The average molecular weight is 347 g/mol. The highest BCUT2D eigenvalue weighted by Crippen LogP contribution is 2.10. The van der Waals surface area contributed by atoms with Gasteiger partial charge in [0.2, 0.25) is 12.3 Å². The normalized spacial score (nSPS) is 9.67. The maximum absolute atomic E-state index is 12.0. The van der Waals surface area contributed by atoms with E-state index < -0.39 is 0 Å². The van der Waals surface area contributed by atoms with Crippen LogP contribution < -0.4 is 21.5 Å². The lowest BCUT2D eigenvalue weighted by Gasteiger charge is -1.99. The quantitative estimate of drug-likeness (QED) is 0.441. The highest BCUT2D eigenvalue weighted by Gasteiger charge is 2.14. The standard InChI is InChI=1S/C13H10Cl2NO.BrH/c14-11-6-4-10(5-7-11)12(17)9-16-8-2-1-3-13(16)15;/h1-8H,9H2;1H/q+1;/p-1. The number of carbonyl (C=O) groups excluding carboxylic acids is 1. The molecule has 0 bridgehead atoms. The number of Topliss-reactive ketones (excluding diaryl/α,β-unsaturated/α-hetero) is 1. The molecule has 0 spiro atoms. The van der Waals surface area contributed by atoms with E-state index >= 15 is 0 Å². The van der Waals surface area contributed by atoms with Crippen LogP contribution in [0, 0.1) is 0 Å². The molecule has 1 heterocycles. The van der Waals surface area contributed by atoms with E-state index in [0.717, 1.165) is 0 Å². The van der Waals surface area contributed by atoms with Gasteiger partial charge in [0, 0.05) is 22.7 Å². The summed E-state index contributed by atoms with van der Waals surface area (Å²) in [4.78, 5) is 12.0. The Morgan fingerprint density at radius 1 is 1.06 bits per heavy atom. The molecule has 94 valence electrons. The summed E-state index contributed by atoms with van der Waals surface area (Å²) >= 11 is 11.7. The molecule has 0 fully saturated rings. The molecule has 0 aliphatic heterocycles. The van der Waals surface area contributed by atoms with Gasteiger partial charge < -0.3 is 17.0 Å². The molecule has 0 aliphatic rings. The van der Waals surface area contributed by atoms with Gasteiger partial charge in [0.15, 0.2) is 6.20 Å². The van der Waals surface area contributed by atoms with Crippen LogP contribution in [0.15, 0.2) is 48.7 Å². The minimum Gasteiger partial charge on any atom is -1.00 e. The van der Waals surface area contributed by atoms with Crippen LogP contribution in [-0.2, 0) is 6.54 Å². The van der Waals surface area contributed by atoms with E-state index in [9.17, 15) is 4.79 Å². The summed E-state index contributed by atoms with van der Waals surface area (Å²) in [7, 11) is 0. The van der Waals surface area contributed by atoms with Gasteiger partial charge in [-0.05, 0) is 41.9 Å². The number of halogens is 3. The summed E-state index contributed by atoms with van der Waals surface area (Å²) in [5.41, 5.74) is 0.627. The summed E-state index contributed by atoms with van der Waals surface area (Å²) in [6.45, 7) is 0.224. The second-order valence-corrected chi connectivity index (χ2v) is 4.41. The Hall–Kier alpha value is -0.900. The van der Waals surface area contributed by atoms with Crippen molar-refractivity contribution in [3.05, 3.63) is 64.4 Å². The molecule has 0 N–H and O–H groups in total. The molecule has 1 aromatic carbocycles. The summed E-state index contributed by atoms with van der Waals surface area (Å²) in [6.07, 6.45) is 1.77. The number of rotatable bonds is 3. The maximum atomic E-state index is 12.0. The number of hydrogen-bond donors (Lipinski definition) is 0. The first-order valence-corrected chi connectivity index (χ1v) is 5.85. The first-order valence-electron chi connectivity index (χ1n) is 5.09. The smallest absolute Gasteiger partial charge is 0.275 e. The van der Waals surface area contributed by atoms with Gasteiger partial charge in [-0.1, -0.05) is 11.6 Å². The number of ketones is 1. The molecular formula is C13H10BrCl2NO. The maximum Gasteiger partial charge on any atom is 0.275 e. The molecule has 0 radical (unpaired) electrons. The second kappa shape index (κ2) is 6.88. The largest absolute Gasteiger partial charge is 1.00 e. The van der Waals surface area contributed by atoms with Crippen LogP contribution in [0.2, 0.25) is 10.2 Å². The number of pyridine rings is 1. The van der Waals surface area contributed by atoms with Crippen molar-refractivity contribution in [3.8, 4) is 0 Å². The van der Waals surface area contributed by atoms with E-state index in [2.05, 4.69) is 0 Å². The number of nitrogens with zero attached hydrogens (tertiary/aromatic N) is 1. The third kappa shape index (κ3) is 3.80. The Kier molecular flexibility index (Phi) is 5.79. The van der Waals surface area contributed by atoms with Gasteiger partial charge >= 0.3 is 0 Å². The lowest BCUT2D eigenvalue weighted by molar-refractivity contribution is -0.681. The van der Waals surface area contributed by atoms with Gasteiger partial charge in [0.25, 0.3) is 5.15 Å². The zero-order valence-electron chi connectivity index (χ0n) is 9.32. The van der Waals surface area contributed by atoms with E-state index in [4.69, 9.17) is 23.2 Å². The number of hydrogen-bond acceptors (Lipinski definition) is 1. The number of aromatic nitrogens is 1. The van der Waals surface area contributed by atoms with Crippen LogP contribution in [0.5, 0.6) is 0 Å². The van der Waals surface area contributed by atoms with Gasteiger partial charge in [-0.2, -0.15) is 4.57 Å². The van der Waals surface area contributed by atoms with Crippen LogP contribution in [0.1, 0.15) is 10.4 Å². The van der Waals surface area contributed by atoms with Crippen LogP contribution in [0.25, 0.3) is 0 Å². The minimum absolute atomic E-state index is 0. The van der Waals surface area contributed by atoms with Gasteiger partial charge in [-0.25, -0.2) is 0 Å². The van der Waals surface area contributed by atoms with Crippen molar-refractivity contribution in [1.82, 2.24) is 0 Å². The topological polar surface area (TPSA) is 20.9 Å². The number of benzene rings is 1. The molecule has 5 heteroatoms. The van der Waals surface area contributed by atoms with Crippen LogP contribution in [-0.4, -0.2) is 5.78 Å². The monoisotopic (exact) mass is 345 g/mol. The fourth-order valence-electron chi connectivity index (χ4n) is 1.47. The average Bonchev–Trinajstić information content (AvgIpc) is 2.33. The molecule has 0 amide bonds. The van der Waals surface area contributed by atoms with Gasteiger partial charge in [0.05, 0.1) is 0 Å². The van der Waals surface area contributed by atoms with Crippen molar-refractivity contribution < 1.29 is 26.3 Å². The Morgan fingerprint density at radius 3 is 2.33 bits per heavy atom. The van der Waals surface area contributed by atoms with E-state index in [0.29, 0.717) is 15.7 Å². The highest BCUT2D eigenvalue weighted by molar-refractivity contribution is 6.30. The molecule has 2 nitrogen and oxygen atoms in total. The second-order valence-electron chi connectivity index (χ2n) is 3.58.